The summed E-state index contributed by atoms with van der Waals surface area (Å²) in [6.07, 6.45) is 0. The maximum atomic E-state index is 13.5. The van der Waals surface area contributed by atoms with Gasteiger partial charge in [-0.1, -0.05) is 30.3 Å². The van der Waals surface area contributed by atoms with Crippen LogP contribution in [0.25, 0.3) is 0 Å². The molecule has 8 nitrogen and oxygen atoms in total. The van der Waals surface area contributed by atoms with Crippen LogP contribution in [0.15, 0.2) is 72.8 Å². The predicted octanol–water partition coefficient (Wildman–Crippen LogP) is 5.15. The first-order chi connectivity index (χ1) is 18.0. The number of rotatable bonds is 8. The molecule has 0 bridgehead atoms. The van der Waals surface area contributed by atoms with E-state index in [4.69, 9.17) is 4.74 Å². The van der Waals surface area contributed by atoms with Crippen LogP contribution in [-0.2, 0) is 0 Å². The monoisotopic (exact) mass is 501 g/mol. The number of ether oxygens (including phenoxy) is 1. The van der Waals surface area contributed by atoms with Crippen molar-refractivity contribution in [1.29, 1.82) is 0 Å². The first kappa shape index (κ1) is 25.9. The molecule has 0 aromatic heterocycles. The lowest BCUT2D eigenvalue weighted by Crippen LogP contribution is -2.47. The van der Waals surface area contributed by atoms with Crippen LogP contribution in [0.4, 0.5) is 27.5 Å². The van der Waals surface area contributed by atoms with Crippen LogP contribution in [0.5, 0.6) is 5.75 Å². The molecular formula is C29H35N5O3. The second kappa shape index (κ2) is 12.2. The van der Waals surface area contributed by atoms with Crippen molar-refractivity contribution in [3.8, 4) is 5.75 Å². The smallest absolute Gasteiger partial charge is 0.323 e. The second-order valence-electron chi connectivity index (χ2n) is 8.80. The number of hydrogen-bond donors (Lipinski definition) is 2. The number of methoxy groups -OCH3 is 1. The van der Waals surface area contributed by atoms with E-state index in [0.29, 0.717) is 30.0 Å². The van der Waals surface area contributed by atoms with Crippen molar-refractivity contribution in [3.05, 3.63) is 78.4 Å². The predicted molar refractivity (Wildman–Crippen MR) is 150 cm³/mol. The van der Waals surface area contributed by atoms with Gasteiger partial charge in [0.1, 0.15) is 5.75 Å². The van der Waals surface area contributed by atoms with E-state index in [-0.39, 0.29) is 11.9 Å². The number of piperazine rings is 1. The minimum Gasteiger partial charge on any atom is -0.495 e. The molecule has 0 atom stereocenters. The van der Waals surface area contributed by atoms with E-state index in [1.165, 1.54) is 0 Å². The molecule has 4 rings (SSSR count). The van der Waals surface area contributed by atoms with E-state index in [1.54, 1.807) is 18.1 Å². The Morgan fingerprint density at radius 1 is 0.784 bits per heavy atom. The third kappa shape index (κ3) is 6.14. The summed E-state index contributed by atoms with van der Waals surface area (Å²) in [5.41, 5.74) is 3.81. The molecule has 0 unspecified atom stereocenters. The van der Waals surface area contributed by atoms with Gasteiger partial charge in [-0.25, -0.2) is 4.79 Å². The second-order valence-corrected chi connectivity index (χ2v) is 8.80. The molecule has 1 aliphatic heterocycles. The zero-order valence-corrected chi connectivity index (χ0v) is 21.7. The van der Waals surface area contributed by atoms with E-state index in [2.05, 4.69) is 26.5 Å². The number of para-hydroxylation sites is 3. The largest absolute Gasteiger partial charge is 0.495 e. The summed E-state index contributed by atoms with van der Waals surface area (Å²) in [5.74, 6) is 0.817. The zero-order valence-electron chi connectivity index (χ0n) is 21.7. The fourth-order valence-electron chi connectivity index (χ4n) is 4.64. The van der Waals surface area contributed by atoms with Gasteiger partial charge in [-0.3, -0.25) is 4.79 Å². The summed E-state index contributed by atoms with van der Waals surface area (Å²) in [6, 6.07) is 22.5. The molecule has 1 heterocycles. The molecule has 0 aliphatic carbocycles. The number of amides is 3. The number of benzene rings is 3. The molecule has 0 spiro atoms. The lowest BCUT2D eigenvalue weighted by Gasteiger charge is -2.38. The molecule has 3 aromatic carbocycles. The van der Waals surface area contributed by atoms with Gasteiger partial charge in [0.05, 0.1) is 18.4 Å². The number of urea groups is 1. The molecule has 37 heavy (non-hydrogen) atoms. The lowest BCUT2D eigenvalue weighted by atomic mass is 10.1. The van der Waals surface area contributed by atoms with Gasteiger partial charge in [0.15, 0.2) is 0 Å². The van der Waals surface area contributed by atoms with Gasteiger partial charge in [-0.15, -0.1) is 0 Å². The molecule has 0 saturated carbocycles. The van der Waals surface area contributed by atoms with Crippen molar-refractivity contribution < 1.29 is 14.3 Å². The highest BCUT2D eigenvalue weighted by Gasteiger charge is 2.25. The molecule has 3 amide bonds. The Morgan fingerprint density at radius 2 is 1.38 bits per heavy atom. The van der Waals surface area contributed by atoms with Gasteiger partial charge < -0.3 is 30.1 Å². The minimum absolute atomic E-state index is 0.0423. The Morgan fingerprint density at radius 3 is 2.03 bits per heavy atom. The quantitative estimate of drug-likeness (QED) is 0.447. The van der Waals surface area contributed by atoms with Crippen molar-refractivity contribution in [2.24, 2.45) is 0 Å². The molecule has 1 saturated heterocycles. The molecular weight excluding hydrogens is 466 g/mol. The van der Waals surface area contributed by atoms with Crippen LogP contribution in [0.1, 0.15) is 24.2 Å². The van der Waals surface area contributed by atoms with E-state index < -0.39 is 0 Å². The number of nitrogens with one attached hydrogen (secondary N) is 2. The summed E-state index contributed by atoms with van der Waals surface area (Å²) in [4.78, 5) is 32.4. The van der Waals surface area contributed by atoms with Gasteiger partial charge in [0.2, 0.25) is 0 Å². The first-order valence-corrected chi connectivity index (χ1v) is 12.7. The summed E-state index contributed by atoms with van der Waals surface area (Å²) in [6.45, 7) is 8.31. The standard InChI is InChI=1S/C29H35N5O3/c1-4-32(5-2)28(35)24-21-23(31-29(36)30-22-11-7-6-8-12-22)15-16-25(24)33-17-19-34(20-18-33)26-13-9-10-14-27(26)37-3/h6-16,21H,4-5,17-20H2,1-3H3,(H2,30,31,36). The molecule has 3 aromatic rings. The van der Waals surface area contributed by atoms with Crippen LogP contribution >= 0.6 is 0 Å². The average molecular weight is 502 g/mol. The van der Waals surface area contributed by atoms with Crippen LogP contribution in [0, 0.1) is 0 Å². The molecule has 0 radical (unpaired) electrons. The number of hydrogen-bond acceptors (Lipinski definition) is 5. The fraction of sp³-hybridized carbons (Fsp3) is 0.310. The Labute approximate surface area is 218 Å². The Balaban J connectivity index is 1.54. The van der Waals surface area contributed by atoms with E-state index in [0.717, 1.165) is 43.3 Å². The first-order valence-electron chi connectivity index (χ1n) is 12.7. The average Bonchev–Trinajstić information content (AvgIpc) is 2.94. The highest BCUT2D eigenvalue weighted by molar-refractivity contribution is 6.04. The van der Waals surface area contributed by atoms with Crippen LogP contribution in [0.2, 0.25) is 0 Å². The molecule has 2 N–H and O–H groups in total. The zero-order chi connectivity index (χ0) is 26.2. The topological polar surface area (TPSA) is 77.2 Å². The fourth-order valence-corrected chi connectivity index (χ4v) is 4.64. The summed E-state index contributed by atoms with van der Waals surface area (Å²) < 4.78 is 5.55. The Kier molecular flexibility index (Phi) is 8.51. The summed E-state index contributed by atoms with van der Waals surface area (Å²) in [5, 5.41) is 5.69. The van der Waals surface area contributed by atoms with Crippen LogP contribution in [-0.4, -0.2) is 63.2 Å². The third-order valence-electron chi connectivity index (χ3n) is 6.61. The SMILES string of the molecule is CCN(CC)C(=O)c1cc(NC(=O)Nc2ccccc2)ccc1N1CCN(c2ccccc2OC)CC1. The van der Waals surface area contributed by atoms with E-state index >= 15 is 0 Å². The van der Waals surface area contributed by atoms with Crippen molar-refractivity contribution in [3.63, 3.8) is 0 Å². The highest BCUT2D eigenvalue weighted by atomic mass is 16.5. The normalized spacial score (nSPS) is 13.2. The molecule has 1 aliphatic rings. The van der Waals surface area contributed by atoms with E-state index in [9.17, 15) is 9.59 Å². The molecule has 8 heteroatoms. The Hall–Kier alpha value is -4.20. The summed E-state index contributed by atoms with van der Waals surface area (Å²) >= 11 is 0. The van der Waals surface area contributed by atoms with Gasteiger partial charge >= 0.3 is 6.03 Å². The van der Waals surface area contributed by atoms with Crippen molar-refractivity contribution in [2.45, 2.75) is 13.8 Å². The molecule has 1 fully saturated rings. The van der Waals surface area contributed by atoms with Gasteiger partial charge in [0.25, 0.3) is 5.91 Å². The van der Waals surface area contributed by atoms with Gasteiger partial charge in [0, 0.05) is 56.3 Å². The number of carbonyl (C=O) groups is 2. The third-order valence-corrected chi connectivity index (χ3v) is 6.61. The number of anilines is 4. The van der Waals surface area contributed by atoms with Crippen LogP contribution in [0.3, 0.4) is 0 Å². The Bertz CT molecular complexity index is 1210. The van der Waals surface area contributed by atoms with Crippen LogP contribution < -0.4 is 25.2 Å². The highest BCUT2D eigenvalue weighted by Crippen LogP contribution is 2.31. The number of nitrogens with zero attached hydrogens (tertiary/aromatic N) is 3. The maximum Gasteiger partial charge on any atom is 0.323 e. The van der Waals surface area contributed by atoms with E-state index in [1.807, 2.05) is 74.5 Å². The van der Waals surface area contributed by atoms with Crippen molar-refractivity contribution in [2.75, 3.05) is 66.8 Å². The van der Waals surface area contributed by atoms with Gasteiger partial charge in [-0.05, 0) is 56.3 Å². The maximum absolute atomic E-state index is 13.5. The van der Waals surface area contributed by atoms with Crippen molar-refractivity contribution >= 4 is 34.7 Å². The summed E-state index contributed by atoms with van der Waals surface area (Å²) in [7, 11) is 1.69. The van der Waals surface area contributed by atoms with Crippen molar-refractivity contribution in [1.82, 2.24) is 4.90 Å². The van der Waals surface area contributed by atoms with Gasteiger partial charge in [-0.2, -0.15) is 0 Å². The molecule has 194 valence electrons. The number of carbonyl (C=O) groups excluding carboxylic acids is 2. The minimum atomic E-state index is -0.356. The lowest BCUT2D eigenvalue weighted by molar-refractivity contribution is 0.0773.